The largest absolute Gasteiger partial charge is 0.347 e. The second-order valence-corrected chi connectivity index (χ2v) is 7.08. The lowest BCUT2D eigenvalue weighted by Gasteiger charge is -2.22. The Morgan fingerprint density at radius 2 is 1.96 bits per heavy atom. The molecule has 0 aliphatic rings. The zero-order valence-electron chi connectivity index (χ0n) is 15.5. The van der Waals surface area contributed by atoms with E-state index in [4.69, 9.17) is 0 Å². The van der Waals surface area contributed by atoms with Gasteiger partial charge in [0, 0.05) is 29.2 Å². The van der Waals surface area contributed by atoms with Crippen molar-refractivity contribution in [3.05, 3.63) is 47.8 Å². The third-order valence-corrected chi connectivity index (χ3v) is 3.86. The molecule has 0 radical (unpaired) electrons. The Labute approximate surface area is 148 Å². The Bertz CT molecular complexity index is 745. The Hall–Kier alpha value is -2.63. The molecule has 2 rings (SSSR count). The Morgan fingerprint density at radius 1 is 1.24 bits per heavy atom. The standard InChI is InChI=1S/C19H26N4O2/c1-6-16(23-12-8-11-20-23)18(25)21-15-10-7-9-14(13(15)2)17(24)22-19(3,4)5/h7-12,16H,6H2,1-5H3,(H,21,25)(H,22,24)/t16-/m0/s1. The fraction of sp³-hybridized carbons (Fsp3) is 0.421. The van der Waals surface area contributed by atoms with Crippen molar-refractivity contribution in [2.75, 3.05) is 5.32 Å². The van der Waals surface area contributed by atoms with Crippen LogP contribution in [0.2, 0.25) is 0 Å². The molecule has 0 spiro atoms. The van der Waals surface area contributed by atoms with E-state index in [0.29, 0.717) is 17.7 Å². The molecule has 0 bridgehead atoms. The first-order valence-corrected chi connectivity index (χ1v) is 8.45. The molecule has 0 fully saturated rings. The number of benzene rings is 1. The summed E-state index contributed by atoms with van der Waals surface area (Å²) in [5.74, 6) is -0.303. The molecule has 1 heterocycles. The van der Waals surface area contributed by atoms with E-state index >= 15 is 0 Å². The van der Waals surface area contributed by atoms with E-state index < -0.39 is 0 Å². The van der Waals surface area contributed by atoms with Crippen LogP contribution >= 0.6 is 0 Å². The molecule has 2 aromatic rings. The smallest absolute Gasteiger partial charge is 0.252 e. The summed E-state index contributed by atoms with van der Waals surface area (Å²) in [4.78, 5) is 25.1. The lowest BCUT2D eigenvalue weighted by Crippen LogP contribution is -2.40. The highest BCUT2D eigenvalue weighted by atomic mass is 16.2. The number of carbonyl (C=O) groups excluding carboxylic acids is 2. The number of nitrogens with zero attached hydrogens (tertiary/aromatic N) is 2. The summed E-state index contributed by atoms with van der Waals surface area (Å²) in [6, 6.07) is 6.74. The zero-order valence-corrected chi connectivity index (χ0v) is 15.5. The minimum atomic E-state index is -0.388. The van der Waals surface area contributed by atoms with Crippen LogP contribution in [0.1, 0.15) is 56.1 Å². The van der Waals surface area contributed by atoms with E-state index in [1.807, 2.05) is 34.6 Å². The minimum absolute atomic E-state index is 0.150. The van der Waals surface area contributed by atoms with Crippen molar-refractivity contribution in [2.45, 2.75) is 52.6 Å². The first-order chi connectivity index (χ1) is 11.7. The van der Waals surface area contributed by atoms with Crippen molar-refractivity contribution in [3.8, 4) is 0 Å². The number of anilines is 1. The second-order valence-electron chi connectivity index (χ2n) is 7.08. The summed E-state index contributed by atoms with van der Waals surface area (Å²) in [6.45, 7) is 9.57. The summed E-state index contributed by atoms with van der Waals surface area (Å²) < 4.78 is 1.64. The van der Waals surface area contributed by atoms with Crippen molar-refractivity contribution in [3.63, 3.8) is 0 Å². The van der Waals surface area contributed by atoms with E-state index in [2.05, 4.69) is 15.7 Å². The molecule has 2 N–H and O–H groups in total. The number of amides is 2. The van der Waals surface area contributed by atoms with Crippen LogP contribution in [0.4, 0.5) is 5.69 Å². The zero-order chi connectivity index (χ0) is 18.6. The quantitative estimate of drug-likeness (QED) is 0.875. The summed E-state index contributed by atoms with van der Waals surface area (Å²) in [5.41, 5.74) is 1.61. The first-order valence-electron chi connectivity index (χ1n) is 8.45. The van der Waals surface area contributed by atoms with Crippen molar-refractivity contribution in [1.82, 2.24) is 15.1 Å². The number of hydrogen-bond acceptors (Lipinski definition) is 3. The molecule has 134 valence electrons. The highest BCUT2D eigenvalue weighted by molar-refractivity contribution is 6.00. The van der Waals surface area contributed by atoms with Crippen molar-refractivity contribution >= 4 is 17.5 Å². The molecular formula is C19H26N4O2. The molecule has 2 amide bonds. The topological polar surface area (TPSA) is 76.0 Å². The average Bonchev–Trinajstić information content (AvgIpc) is 3.02. The molecule has 0 unspecified atom stereocenters. The van der Waals surface area contributed by atoms with Gasteiger partial charge in [0.25, 0.3) is 5.91 Å². The minimum Gasteiger partial charge on any atom is -0.347 e. The van der Waals surface area contributed by atoms with Gasteiger partial charge in [0.2, 0.25) is 5.91 Å². The van der Waals surface area contributed by atoms with Crippen LogP contribution in [0.5, 0.6) is 0 Å². The van der Waals surface area contributed by atoms with Crippen LogP contribution in [0.25, 0.3) is 0 Å². The molecule has 25 heavy (non-hydrogen) atoms. The third kappa shape index (κ3) is 4.68. The van der Waals surface area contributed by atoms with Gasteiger partial charge in [-0.05, 0) is 57.9 Å². The normalized spacial score (nSPS) is 12.5. The summed E-state index contributed by atoms with van der Waals surface area (Å²) >= 11 is 0. The molecule has 0 aliphatic heterocycles. The summed E-state index contributed by atoms with van der Waals surface area (Å²) in [7, 11) is 0. The van der Waals surface area contributed by atoms with Crippen molar-refractivity contribution < 1.29 is 9.59 Å². The van der Waals surface area contributed by atoms with E-state index in [9.17, 15) is 9.59 Å². The molecule has 0 saturated carbocycles. The van der Waals surface area contributed by atoms with Gasteiger partial charge in [0.1, 0.15) is 6.04 Å². The van der Waals surface area contributed by atoms with Gasteiger partial charge < -0.3 is 10.6 Å². The lowest BCUT2D eigenvalue weighted by atomic mass is 10.0. The predicted octanol–water partition coefficient (Wildman–Crippen LogP) is 3.31. The van der Waals surface area contributed by atoms with Crippen LogP contribution in [0.3, 0.4) is 0 Å². The van der Waals surface area contributed by atoms with Gasteiger partial charge in [-0.2, -0.15) is 5.10 Å². The fourth-order valence-electron chi connectivity index (χ4n) is 2.60. The molecule has 1 aromatic heterocycles. The van der Waals surface area contributed by atoms with Crippen LogP contribution < -0.4 is 10.6 Å². The van der Waals surface area contributed by atoms with E-state index in [-0.39, 0.29) is 23.4 Å². The van der Waals surface area contributed by atoms with Gasteiger partial charge in [0.15, 0.2) is 0 Å². The molecule has 1 aromatic carbocycles. The second kappa shape index (κ2) is 7.51. The maximum atomic E-state index is 12.6. The van der Waals surface area contributed by atoms with Crippen LogP contribution in [-0.2, 0) is 4.79 Å². The van der Waals surface area contributed by atoms with Gasteiger partial charge in [-0.1, -0.05) is 13.0 Å². The molecular weight excluding hydrogens is 316 g/mol. The summed E-state index contributed by atoms with van der Waals surface area (Å²) in [6.07, 6.45) is 4.04. The number of aromatic nitrogens is 2. The van der Waals surface area contributed by atoms with Gasteiger partial charge >= 0.3 is 0 Å². The highest BCUT2D eigenvalue weighted by Crippen LogP contribution is 2.22. The number of carbonyl (C=O) groups is 2. The molecule has 6 heteroatoms. The van der Waals surface area contributed by atoms with Crippen LogP contribution in [0.15, 0.2) is 36.7 Å². The van der Waals surface area contributed by atoms with Gasteiger partial charge in [-0.3, -0.25) is 14.3 Å². The van der Waals surface area contributed by atoms with E-state index in [0.717, 1.165) is 5.56 Å². The average molecular weight is 342 g/mol. The van der Waals surface area contributed by atoms with E-state index in [1.54, 1.807) is 41.3 Å². The van der Waals surface area contributed by atoms with Gasteiger partial charge in [0.05, 0.1) is 0 Å². The van der Waals surface area contributed by atoms with Gasteiger partial charge in [-0.25, -0.2) is 0 Å². The monoisotopic (exact) mass is 342 g/mol. The lowest BCUT2D eigenvalue weighted by molar-refractivity contribution is -0.119. The predicted molar refractivity (Wildman–Crippen MR) is 98.6 cm³/mol. The van der Waals surface area contributed by atoms with Crippen molar-refractivity contribution in [2.24, 2.45) is 0 Å². The maximum Gasteiger partial charge on any atom is 0.252 e. The Balaban J connectivity index is 2.21. The van der Waals surface area contributed by atoms with Crippen LogP contribution in [-0.4, -0.2) is 27.1 Å². The van der Waals surface area contributed by atoms with Crippen LogP contribution in [0, 0.1) is 6.92 Å². The third-order valence-electron chi connectivity index (χ3n) is 3.86. The number of hydrogen-bond donors (Lipinski definition) is 2. The molecule has 6 nitrogen and oxygen atoms in total. The number of nitrogens with one attached hydrogen (secondary N) is 2. The Morgan fingerprint density at radius 3 is 2.52 bits per heavy atom. The maximum absolute atomic E-state index is 12.6. The van der Waals surface area contributed by atoms with E-state index in [1.165, 1.54) is 0 Å². The fourth-order valence-corrected chi connectivity index (χ4v) is 2.60. The first kappa shape index (κ1) is 18.7. The molecule has 0 saturated heterocycles. The van der Waals surface area contributed by atoms with Crippen molar-refractivity contribution in [1.29, 1.82) is 0 Å². The molecule has 0 aliphatic carbocycles. The van der Waals surface area contributed by atoms with Gasteiger partial charge in [-0.15, -0.1) is 0 Å². The Kier molecular flexibility index (Phi) is 5.62. The number of rotatable bonds is 5. The highest BCUT2D eigenvalue weighted by Gasteiger charge is 2.21. The molecule has 1 atom stereocenters. The summed E-state index contributed by atoms with van der Waals surface area (Å²) in [5, 5.41) is 10.0. The SMILES string of the molecule is CC[C@@H](C(=O)Nc1cccc(C(=O)NC(C)(C)C)c1C)n1cccn1.